The zero-order valence-corrected chi connectivity index (χ0v) is 15.4. The van der Waals surface area contributed by atoms with Crippen LogP contribution in [0.2, 0.25) is 0 Å². The minimum absolute atomic E-state index is 0.0593. The van der Waals surface area contributed by atoms with Crippen molar-refractivity contribution >= 4 is 5.91 Å². The van der Waals surface area contributed by atoms with Crippen LogP contribution in [0.1, 0.15) is 51.5 Å². The van der Waals surface area contributed by atoms with Crippen molar-refractivity contribution in [2.75, 3.05) is 20.2 Å². The number of hydrogen-bond acceptors (Lipinski definition) is 3. The van der Waals surface area contributed by atoms with Crippen molar-refractivity contribution in [3.63, 3.8) is 0 Å². The van der Waals surface area contributed by atoms with Gasteiger partial charge in [0.15, 0.2) is 0 Å². The smallest absolute Gasteiger partial charge is 0.237 e. The second-order valence-electron chi connectivity index (χ2n) is 6.87. The second-order valence-corrected chi connectivity index (χ2v) is 6.87. The molecule has 0 bridgehead atoms. The van der Waals surface area contributed by atoms with E-state index in [4.69, 9.17) is 4.74 Å². The Balaban J connectivity index is 1.82. The lowest BCUT2D eigenvalue weighted by molar-refractivity contribution is -0.126. The fourth-order valence-electron chi connectivity index (χ4n) is 3.56. The van der Waals surface area contributed by atoms with Crippen molar-refractivity contribution in [2.24, 2.45) is 5.92 Å². The van der Waals surface area contributed by atoms with E-state index >= 15 is 0 Å². The molecule has 0 aromatic heterocycles. The summed E-state index contributed by atoms with van der Waals surface area (Å²) in [6.45, 7) is 6.91. The summed E-state index contributed by atoms with van der Waals surface area (Å²) in [7, 11) is 1.66. The largest absolute Gasteiger partial charge is 0.497 e. The maximum Gasteiger partial charge on any atom is 0.237 e. The monoisotopic (exact) mass is 332 g/mol. The fraction of sp³-hybridized carbons (Fsp3) is 0.650. The van der Waals surface area contributed by atoms with Gasteiger partial charge in [0.2, 0.25) is 5.91 Å². The van der Waals surface area contributed by atoms with Crippen LogP contribution >= 0.6 is 0 Å². The van der Waals surface area contributed by atoms with Gasteiger partial charge in [0.05, 0.1) is 13.2 Å². The molecular weight excluding hydrogens is 300 g/mol. The molecule has 0 aliphatic carbocycles. The lowest BCUT2D eigenvalue weighted by atomic mass is 9.96. The third-order valence-corrected chi connectivity index (χ3v) is 5.11. The van der Waals surface area contributed by atoms with Crippen LogP contribution in [0.15, 0.2) is 24.3 Å². The second kappa shape index (κ2) is 9.67. The average molecular weight is 332 g/mol. The Labute approximate surface area is 146 Å². The first-order valence-corrected chi connectivity index (χ1v) is 9.28. The molecule has 2 atom stereocenters. The molecule has 4 nitrogen and oxygen atoms in total. The number of carbonyl (C=O) groups excluding carboxylic acids is 1. The van der Waals surface area contributed by atoms with Crippen molar-refractivity contribution in [1.29, 1.82) is 0 Å². The minimum atomic E-state index is -0.0593. The fourth-order valence-corrected chi connectivity index (χ4v) is 3.56. The molecule has 1 fully saturated rings. The zero-order chi connectivity index (χ0) is 17.4. The highest BCUT2D eigenvalue weighted by atomic mass is 16.5. The zero-order valence-electron chi connectivity index (χ0n) is 15.4. The van der Waals surface area contributed by atoms with Gasteiger partial charge in [-0.15, -0.1) is 0 Å². The van der Waals surface area contributed by atoms with E-state index in [1.807, 2.05) is 31.2 Å². The Bertz CT molecular complexity index is 518. The van der Waals surface area contributed by atoms with E-state index in [0.717, 1.165) is 30.3 Å². The van der Waals surface area contributed by atoms with Crippen molar-refractivity contribution in [1.82, 2.24) is 10.2 Å². The molecular formula is C20H32N2O2. The maximum absolute atomic E-state index is 12.5. The van der Waals surface area contributed by atoms with E-state index in [1.54, 1.807) is 7.11 Å². The Morgan fingerprint density at radius 1 is 1.38 bits per heavy atom. The molecule has 1 aliphatic rings. The van der Waals surface area contributed by atoms with Crippen molar-refractivity contribution < 1.29 is 9.53 Å². The number of amides is 1. The molecule has 134 valence electrons. The summed E-state index contributed by atoms with van der Waals surface area (Å²) < 4.78 is 5.23. The third kappa shape index (κ3) is 5.52. The van der Waals surface area contributed by atoms with E-state index < -0.39 is 0 Å². The number of rotatable bonds is 7. The van der Waals surface area contributed by atoms with Gasteiger partial charge in [0, 0.05) is 6.54 Å². The average Bonchev–Trinajstić information content (AvgIpc) is 2.85. The van der Waals surface area contributed by atoms with E-state index in [-0.39, 0.29) is 11.9 Å². The van der Waals surface area contributed by atoms with Crippen LogP contribution in [0.5, 0.6) is 5.75 Å². The van der Waals surface area contributed by atoms with E-state index in [0.29, 0.717) is 6.54 Å². The summed E-state index contributed by atoms with van der Waals surface area (Å²) in [5.74, 6) is 1.78. The number of ether oxygens (including phenoxy) is 1. The highest BCUT2D eigenvalue weighted by molar-refractivity contribution is 5.81. The summed E-state index contributed by atoms with van der Waals surface area (Å²) in [5.41, 5.74) is 1.06. The van der Waals surface area contributed by atoms with Gasteiger partial charge in [0.25, 0.3) is 0 Å². The van der Waals surface area contributed by atoms with Crippen LogP contribution in [-0.2, 0) is 11.3 Å². The molecule has 2 unspecified atom stereocenters. The van der Waals surface area contributed by atoms with E-state index in [1.165, 1.54) is 32.1 Å². The number of benzene rings is 1. The van der Waals surface area contributed by atoms with Gasteiger partial charge in [-0.3, -0.25) is 9.69 Å². The summed E-state index contributed by atoms with van der Waals surface area (Å²) in [5, 5.41) is 3.07. The first-order chi connectivity index (χ1) is 11.6. The van der Waals surface area contributed by atoms with Crippen LogP contribution < -0.4 is 10.1 Å². The number of carbonyl (C=O) groups is 1. The molecule has 1 N–H and O–H groups in total. The molecule has 0 radical (unpaired) electrons. The molecule has 0 spiro atoms. The molecule has 2 rings (SSSR count). The normalized spacial score (nSPS) is 20.2. The molecule has 1 saturated heterocycles. The lowest BCUT2D eigenvalue weighted by Gasteiger charge is -2.26. The summed E-state index contributed by atoms with van der Waals surface area (Å²) >= 11 is 0. The molecule has 1 aliphatic heterocycles. The molecule has 0 saturated carbocycles. The molecule has 1 aromatic carbocycles. The third-order valence-electron chi connectivity index (χ3n) is 5.11. The molecule has 24 heavy (non-hydrogen) atoms. The minimum Gasteiger partial charge on any atom is -0.497 e. The van der Waals surface area contributed by atoms with Gasteiger partial charge in [-0.05, 0) is 62.9 Å². The number of likely N-dealkylation sites (tertiary alicyclic amines) is 1. The van der Waals surface area contributed by atoms with Gasteiger partial charge in [0.1, 0.15) is 5.75 Å². The maximum atomic E-state index is 12.5. The highest BCUT2D eigenvalue weighted by Gasteiger charge is 2.24. The molecule has 4 heteroatoms. The van der Waals surface area contributed by atoms with Crippen LogP contribution in [-0.4, -0.2) is 37.0 Å². The van der Waals surface area contributed by atoms with Gasteiger partial charge in [-0.1, -0.05) is 31.9 Å². The standard InChI is InChI=1S/C20H32N2O2/c1-4-7-17-9-6-12-22(13-11-17)16(2)20(23)21-15-18-8-5-10-19(14-18)24-3/h5,8,10,14,16-17H,4,6-7,9,11-13,15H2,1-3H3,(H,21,23). The highest BCUT2D eigenvalue weighted by Crippen LogP contribution is 2.23. The first kappa shape index (κ1) is 18.8. The number of nitrogens with one attached hydrogen (secondary N) is 1. The number of methoxy groups -OCH3 is 1. The number of hydrogen-bond donors (Lipinski definition) is 1. The summed E-state index contributed by atoms with van der Waals surface area (Å²) in [6.07, 6.45) is 6.33. The lowest BCUT2D eigenvalue weighted by Crippen LogP contribution is -2.45. The van der Waals surface area contributed by atoms with Crippen molar-refractivity contribution in [3.05, 3.63) is 29.8 Å². The Kier molecular flexibility index (Phi) is 7.57. The molecule has 1 amide bonds. The summed E-state index contributed by atoms with van der Waals surface area (Å²) in [4.78, 5) is 14.8. The van der Waals surface area contributed by atoms with Gasteiger partial charge in [-0.2, -0.15) is 0 Å². The van der Waals surface area contributed by atoms with Crippen molar-refractivity contribution in [3.8, 4) is 5.75 Å². The van der Waals surface area contributed by atoms with Crippen LogP contribution in [0.25, 0.3) is 0 Å². The predicted molar refractivity (Wildman–Crippen MR) is 98.1 cm³/mol. The van der Waals surface area contributed by atoms with Crippen LogP contribution in [0, 0.1) is 5.92 Å². The number of nitrogens with zero attached hydrogens (tertiary/aromatic N) is 1. The molecule has 1 heterocycles. The predicted octanol–water partition coefficient (Wildman–Crippen LogP) is 3.60. The van der Waals surface area contributed by atoms with Crippen molar-refractivity contribution in [2.45, 2.75) is 58.5 Å². The molecule has 1 aromatic rings. The van der Waals surface area contributed by atoms with E-state index in [9.17, 15) is 4.79 Å². The van der Waals surface area contributed by atoms with Crippen LogP contribution in [0.3, 0.4) is 0 Å². The Hall–Kier alpha value is -1.55. The van der Waals surface area contributed by atoms with Gasteiger partial charge >= 0.3 is 0 Å². The quantitative estimate of drug-likeness (QED) is 0.829. The summed E-state index contributed by atoms with van der Waals surface area (Å²) in [6, 6.07) is 7.78. The van der Waals surface area contributed by atoms with E-state index in [2.05, 4.69) is 17.1 Å². The Morgan fingerprint density at radius 2 is 2.21 bits per heavy atom. The van der Waals surface area contributed by atoms with Gasteiger partial charge in [-0.25, -0.2) is 0 Å². The van der Waals surface area contributed by atoms with Crippen LogP contribution in [0.4, 0.5) is 0 Å². The topological polar surface area (TPSA) is 41.6 Å². The SMILES string of the molecule is CCCC1CCCN(C(C)C(=O)NCc2cccc(OC)c2)CC1. The Morgan fingerprint density at radius 3 is 2.96 bits per heavy atom. The van der Waals surface area contributed by atoms with Gasteiger partial charge < -0.3 is 10.1 Å². The first-order valence-electron chi connectivity index (χ1n) is 9.28.